The van der Waals surface area contributed by atoms with Crippen molar-refractivity contribution < 1.29 is 9.53 Å². The van der Waals surface area contributed by atoms with Gasteiger partial charge in [-0.15, -0.1) is 0 Å². The van der Waals surface area contributed by atoms with Gasteiger partial charge in [0.25, 0.3) is 0 Å². The van der Waals surface area contributed by atoms with Gasteiger partial charge in [0.15, 0.2) is 0 Å². The average Bonchev–Trinajstić information content (AvgIpc) is 2.43. The molecule has 0 atom stereocenters. The molecule has 0 spiro atoms. The minimum absolute atomic E-state index is 0.255. The van der Waals surface area contributed by atoms with Crippen molar-refractivity contribution in [1.82, 2.24) is 9.80 Å². The Hall–Kier alpha value is -0.970. The van der Waals surface area contributed by atoms with E-state index in [-0.39, 0.29) is 6.09 Å². The Morgan fingerprint density at radius 1 is 1.21 bits per heavy atom. The molecule has 1 fully saturated rings. The highest BCUT2D eigenvalue weighted by Crippen LogP contribution is 2.23. The molecule has 0 saturated carbocycles. The SMILES string of the molecule is COC(=O)N1CCN(Cc2ccc(Cl)c(Cl)c2)CC1. The summed E-state index contributed by atoms with van der Waals surface area (Å²) < 4.78 is 4.71. The van der Waals surface area contributed by atoms with E-state index < -0.39 is 0 Å². The third-order valence-electron chi connectivity index (χ3n) is 3.20. The van der Waals surface area contributed by atoms with Gasteiger partial charge < -0.3 is 9.64 Å². The van der Waals surface area contributed by atoms with Crippen molar-refractivity contribution >= 4 is 29.3 Å². The van der Waals surface area contributed by atoms with E-state index in [4.69, 9.17) is 27.9 Å². The predicted octanol–water partition coefficient (Wildman–Crippen LogP) is 2.88. The molecule has 1 aromatic carbocycles. The van der Waals surface area contributed by atoms with Crippen molar-refractivity contribution in [2.45, 2.75) is 6.54 Å². The zero-order valence-corrected chi connectivity index (χ0v) is 12.2. The fraction of sp³-hybridized carbons (Fsp3) is 0.462. The Bertz CT molecular complexity index is 460. The minimum Gasteiger partial charge on any atom is -0.453 e. The molecule has 6 heteroatoms. The molecule has 1 saturated heterocycles. The predicted molar refractivity (Wildman–Crippen MR) is 75.7 cm³/mol. The van der Waals surface area contributed by atoms with Gasteiger partial charge in [-0.2, -0.15) is 0 Å². The van der Waals surface area contributed by atoms with Gasteiger partial charge in [-0.3, -0.25) is 4.90 Å². The lowest BCUT2D eigenvalue weighted by molar-refractivity contribution is 0.0889. The molecule has 1 heterocycles. The van der Waals surface area contributed by atoms with Gasteiger partial charge >= 0.3 is 6.09 Å². The third-order valence-corrected chi connectivity index (χ3v) is 3.93. The van der Waals surface area contributed by atoms with Crippen LogP contribution in [0.2, 0.25) is 10.0 Å². The maximum absolute atomic E-state index is 11.4. The summed E-state index contributed by atoms with van der Waals surface area (Å²) in [5.41, 5.74) is 1.13. The first-order valence-electron chi connectivity index (χ1n) is 6.09. The van der Waals surface area contributed by atoms with Gasteiger partial charge in [0.2, 0.25) is 0 Å². The molecule has 0 unspecified atom stereocenters. The largest absolute Gasteiger partial charge is 0.453 e. The maximum Gasteiger partial charge on any atom is 0.409 e. The summed E-state index contributed by atoms with van der Waals surface area (Å²) in [5.74, 6) is 0. The van der Waals surface area contributed by atoms with E-state index in [2.05, 4.69) is 4.90 Å². The van der Waals surface area contributed by atoms with Crippen LogP contribution in [0.15, 0.2) is 18.2 Å². The summed E-state index contributed by atoms with van der Waals surface area (Å²) in [4.78, 5) is 15.4. The second-order valence-corrected chi connectivity index (χ2v) is 5.30. The van der Waals surface area contributed by atoms with E-state index in [1.165, 1.54) is 7.11 Å². The topological polar surface area (TPSA) is 32.8 Å². The molecule has 0 N–H and O–H groups in total. The fourth-order valence-electron chi connectivity index (χ4n) is 2.11. The quantitative estimate of drug-likeness (QED) is 0.842. The van der Waals surface area contributed by atoms with Gasteiger partial charge in [0.05, 0.1) is 17.2 Å². The average molecular weight is 303 g/mol. The van der Waals surface area contributed by atoms with Gasteiger partial charge in [-0.25, -0.2) is 4.79 Å². The molecule has 104 valence electrons. The molecule has 0 radical (unpaired) electrons. The van der Waals surface area contributed by atoms with Crippen LogP contribution >= 0.6 is 23.2 Å². The summed E-state index contributed by atoms with van der Waals surface area (Å²) in [6.45, 7) is 3.85. The number of carbonyl (C=O) groups is 1. The molecule has 0 aromatic heterocycles. The van der Waals surface area contributed by atoms with Crippen LogP contribution in [-0.4, -0.2) is 49.2 Å². The Labute approximate surface area is 122 Å². The zero-order chi connectivity index (χ0) is 13.8. The Kier molecular flexibility index (Phi) is 4.91. The lowest BCUT2D eigenvalue weighted by atomic mass is 10.2. The number of hydrogen-bond acceptors (Lipinski definition) is 3. The molecule has 1 amide bonds. The monoisotopic (exact) mass is 302 g/mol. The van der Waals surface area contributed by atoms with Crippen molar-refractivity contribution in [1.29, 1.82) is 0 Å². The number of rotatable bonds is 2. The van der Waals surface area contributed by atoms with Crippen molar-refractivity contribution in [2.75, 3.05) is 33.3 Å². The van der Waals surface area contributed by atoms with Gasteiger partial charge in [0, 0.05) is 32.7 Å². The zero-order valence-electron chi connectivity index (χ0n) is 10.7. The standard InChI is InChI=1S/C13H16Cl2N2O2/c1-19-13(18)17-6-4-16(5-7-17)9-10-2-3-11(14)12(15)8-10/h2-3,8H,4-7,9H2,1H3. The molecule has 2 rings (SSSR count). The van der Waals surface area contributed by atoms with Gasteiger partial charge in [-0.1, -0.05) is 29.3 Å². The number of hydrogen-bond donors (Lipinski definition) is 0. The van der Waals surface area contributed by atoms with E-state index in [0.29, 0.717) is 23.1 Å². The van der Waals surface area contributed by atoms with E-state index in [1.54, 1.807) is 4.90 Å². The number of benzene rings is 1. The minimum atomic E-state index is -0.255. The van der Waals surface area contributed by atoms with E-state index in [1.807, 2.05) is 18.2 Å². The van der Waals surface area contributed by atoms with Crippen LogP contribution in [0.4, 0.5) is 4.79 Å². The molecule has 0 aliphatic carbocycles. The number of halogens is 2. The lowest BCUT2D eigenvalue weighted by Gasteiger charge is -2.33. The summed E-state index contributed by atoms with van der Waals surface area (Å²) in [7, 11) is 1.41. The second kappa shape index (κ2) is 6.46. The smallest absolute Gasteiger partial charge is 0.409 e. The van der Waals surface area contributed by atoms with E-state index >= 15 is 0 Å². The van der Waals surface area contributed by atoms with Crippen LogP contribution in [0.1, 0.15) is 5.56 Å². The van der Waals surface area contributed by atoms with Crippen LogP contribution in [0.3, 0.4) is 0 Å². The lowest BCUT2D eigenvalue weighted by Crippen LogP contribution is -2.48. The van der Waals surface area contributed by atoms with Crippen LogP contribution in [0.5, 0.6) is 0 Å². The summed E-state index contributed by atoms with van der Waals surface area (Å²) in [6.07, 6.45) is -0.255. The molecular formula is C13H16Cl2N2O2. The van der Waals surface area contributed by atoms with Gasteiger partial charge in [-0.05, 0) is 17.7 Å². The first-order chi connectivity index (χ1) is 9.10. The molecule has 0 bridgehead atoms. The summed E-state index contributed by atoms with van der Waals surface area (Å²) in [5, 5.41) is 1.15. The van der Waals surface area contributed by atoms with Crippen LogP contribution in [0, 0.1) is 0 Å². The normalized spacial score (nSPS) is 16.5. The Morgan fingerprint density at radius 2 is 1.89 bits per heavy atom. The van der Waals surface area contributed by atoms with Crippen LogP contribution in [-0.2, 0) is 11.3 Å². The first-order valence-corrected chi connectivity index (χ1v) is 6.85. The van der Waals surface area contributed by atoms with E-state index in [0.717, 1.165) is 25.2 Å². The highest BCUT2D eigenvalue weighted by Gasteiger charge is 2.21. The summed E-state index contributed by atoms with van der Waals surface area (Å²) >= 11 is 11.9. The van der Waals surface area contributed by atoms with Crippen LogP contribution in [0.25, 0.3) is 0 Å². The van der Waals surface area contributed by atoms with Crippen molar-refractivity contribution in [3.8, 4) is 0 Å². The second-order valence-electron chi connectivity index (χ2n) is 4.48. The Balaban J connectivity index is 1.88. The maximum atomic E-state index is 11.4. The van der Waals surface area contributed by atoms with Crippen LogP contribution < -0.4 is 0 Å². The number of ether oxygens (including phenoxy) is 1. The highest BCUT2D eigenvalue weighted by molar-refractivity contribution is 6.42. The molecule has 1 aliphatic rings. The first kappa shape index (κ1) is 14.4. The van der Waals surface area contributed by atoms with Crippen molar-refractivity contribution in [3.05, 3.63) is 33.8 Å². The molecule has 4 nitrogen and oxygen atoms in total. The fourth-order valence-corrected chi connectivity index (χ4v) is 2.43. The molecule has 1 aliphatic heterocycles. The van der Waals surface area contributed by atoms with Crippen molar-refractivity contribution in [2.24, 2.45) is 0 Å². The number of nitrogens with zero attached hydrogens (tertiary/aromatic N) is 2. The Morgan fingerprint density at radius 3 is 2.47 bits per heavy atom. The number of amides is 1. The molecule has 19 heavy (non-hydrogen) atoms. The summed E-state index contributed by atoms with van der Waals surface area (Å²) in [6, 6.07) is 5.67. The molecular weight excluding hydrogens is 287 g/mol. The number of methoxy groups -OCH3 is 1. The molecule has 1 aromatic rings. The number of piperazine rings is 1. The van der Waals surface area contributed by atoms with E-state index in [9.17, 15) is 4.79 Å². The van der Waals surface area contributed by atoms with Crippen molar-refractivity contribution in [3.63, 3.8) is 0 Å². The highest BCUT2D eigenvalue weighted by atomic mass is 35.5. The number of carbonyl (C=O) groups excluding carboxylic acids is 1. The van der Waals surface area contributed by atoms with Gasteiger partial charge in [0.1, 0.15) is 0 Å². The third kappa shape index (κ3) is 3.75.